The number of aromatic nitrogens is 1. The molecule has 3 aromatic rings. The van der Waals surface area contributed by atoms with Crippen molar-refractivity contribution in [3.63, 3.8) is 0 Å². The minimum Gasteiger partial charge on any atom is -0.504 e. The summed E-state index contributed by atoms with van der Waals surface area (Å²) < 4.78 is 18.1. The Balaban J connectivity index is 2.04. The molecule has 194 valence electrons. The Bertz CT molecular complexity index is 1560. The van der Waals surface area contributed by atoms with E-state index in [0.29, 0.717) is 43.4 Å². The first-order valence-electron chi connectivity index (χ1n) is 11.7. The standard InChI is InChI=1S/C27H27ClN2O6S/c1-5-7-18-23(26(33)36-6-2)24(17-14-16(28)9-11-20(17)34-3)30-25(32)22(37-27(30)29-18)13-15-8-10-19(31)21(12-15)35-4/h8-14,24,31H,5-7H2,1-4H3/b22-13+/t24-/m1/s1. The fourth-order valence-electron chi connectivity index (χ4n) is 4.27. The van der Waals surface area contributed by atoms with Crippen LogP contribution in [0.4, 0.5) is 0 Å². The maximum absolute atomic E-state index is 13.9. The molecular formula is C27H27ClN2O6S. The molecular weight excluding hydrogens is 516 g/mol. The van der Waals surface area contributed by atoms with Crippen molar-refractivity contribution in [3.8, 4) is 17.2 Å². The summed E-state index contributed by atoms with van der Waals surface area (Å²) in [5.74, 6) is 0.224. The molecule has 2 heterocycles. The number of ether oxygens (including phenoxy) is 3. The predicted octanol–water partition coefficient (Wildman–Crippen LogP) is 3.95. The highest BCUT2D eigenvalue weighted by Crippen LogP contribution is 2.38. The van der Waals surface area contributed by atoms with Crippen molar-refractivity contribution in [2.45, 2.75) is 32.7 Å². The Labute approximate surface area is 222 Å². The van der Waals surface area contributed by atoms with Gasteiger partial charge < -0.3 is 19.3 Å². The third-order valence-corrected chi connectivity index (χ3v) is 7.10. The van der Waals surface area contributed by atoms with E-state index in [1.165, 1.54) is 36.2 Å². The van der Waals surface area contributed by atoms with Crippen LogP contribution in [-0.2, 0) is 9.53 Å². The second kappa shape index (κ2) is 11.2. The molecule has 1 N–H and O–H groups in total. The number of thiazole rings is 1. The number of carbonyl (C=O) groups excluding carboxylic acids is 1. The fraction of sp³-hybridized carbons (Fsp3) is 0.296. The molecule has 0 amide bonds. The molecule has 1 aliphatic heterocycles. The van der Waals surface area contributed by atoms with E-state index in [4.69, 9.17) is 30.8 Å². The normalized spacial score (nSPS) is 15.3. The summed E-state index contributed by atoms with van der Waals surface area (Å²) in [7, 11) is 2.98. The molecule has 1 atom stereocenters. The summed E-state index contributed by atoms with van der Waals surface area (Å²) in [6.07, 6.45) is 2.96. The summed E-state index contributed by atoms with van der Waals surface area (Å²) in [5, 5.41) is 10.4. The van der Waals surface area contributed by atoms with Crippen LogP contribution in [0.3, 0.4) is 0 Å². The fourth-order valence-corrected chi connectivity index (χ4v) is 5.47. The second-order valence-electron chi connectivity index (χ2n) is 8.23. The molecule has 0 spiro atoms. The lowest BCUT2D eigenvalue weighted by Gasteiger charge is -2.27. The third-order valence-electron chi connectivity index (χ3n) is 5.88. The minimum absolute atomic E-state index is 0.00236. The lowest BCUT2D eigenvalue weighted by atomic mass is 9.93. The van der Waals surface area contributed by atoms with Gasteiger partial charge in [0.15, 0.2) is 16.3 Å². The van der Waals surface area contributed by atoms with Gasteiger partial charge in [-0.2, -0.15) is 0 Å². The number of carbonyl (C=O) groups is 1. The lowest BCUT2D eigenvalue weighted by Crippen LogP contribution is -2.40. The molecule has 10 heteroatoms. The molecule has 2 aromatic carbocycles. The molecule has 1 aromatic heterocycles. The zero-order chi connectivity index (χ0) is 26.7. The maximum atomic E-state index is 13.9. The molecule has 0 saturated carbocycles. The largest absolute Gasteiger partial charge is 0.504 e. The molecule has 37 heavy (non-hydrogen) atoms. The van der Waals surface area contributed by atoms with Crippen molar-refractivity contribution in [1.82, 2.24) is 4.57 Å². The highest BCUT2D eigenvalue weighted by Gasteiger charge is 2.36. The van der Waals surface area contributed by atoms with E-state index in [1.54, 1.807) is 43.3 Å². The molecule has 1 aliphatic rings. The van der Waals surface area contributed by atoms with Crippen molar-refractivity contribution in [2.24, 2.45) is 4.99 Å². The number of rotatable bonds is 8. The van der Waals surface area contributed by atoms with E-state index < -0.39 is 12.0 Å². The quantitative estimate of drug-likeness (QED) is 0.433. The Morgan fingerprint density at radius 1 is 1.16 bits per heavy atom. The van der Waals surface area contributed by atoms with Gasteiger partial charge in [-0.3, -0.25) is 9.36 Å². The first-order valence-corrected chi connectivity index (χ1v) is 12.9. The van der Waals surface area contributed by atoms with Crippen molar-refractivity contribution in [1.29, 1.82) is 0 Å². The predicted molar refractivity (Wildman–Crippen MR) is 142 cm³/mol. The number of phenolic OH excluding ortho intramolecular Hbond substituents is 1. The smallest absolute Gasteiger partial charge is 0.338 e. The van der Waals surface area contributed by atoms with Gasteiger partial charge in [-0.25, -0.2) is 9.79 Å². The van der Waals surface area contributed by atoms with Gasteiger partial charge in [-0.05, 0) is 55.3 Å². The Kier molecular flexibility index (Phi) is 8.04. The minimum atomic E-state index is -0.845. The molecule has 0 aliphatic carbocycles. The molecule has 0 bridgehead atoms. The van der Waals surface area contributed by atoms with Crippen LogP contribution in [0.5, 0.6) is 17.2 Å². The second-order valence-corrected chi connectivity index (χ2v) is 9.68. The molecule has 4 rings (SSSR count). The number of methoxy groups -OCH3 is 2. The molecule has 0 fully saturated rings. The van der Waals surface area contributed by atoms with Crippen LogP contribution >= 0.6 is 22.9 Å². The van der Waals surface area contributed by atoms with E-state index in [2.05, 4.69) is 0 Å². The number of allylic oxidation sites excluding steroid dienone is 1. The van der Waals surface area contributed by atoms with Gasteiger partial charge in [0.2, 0.25) is 0 Å². The van der Waals surface area contributed by atoms with Crippen molar-refractivity contribution in [2.75, 3.05) is 20.8 Å². The number of halogens is 1. The summed E-state index contributed by atoms with van der Waals surface area (Å²) >= 11 is 7.58. The zero-order valence-electron chi connectivity index (χ0n) is 20.9. The average molecular weight is 543 g/mol. The SMILES string of the molecule is CCCC1=C(C(=O)OCC)[C@@H](c2cc(Cl)ccc2OC)n2c(s/c(=C/c3ccc(O)c(OC)c3)c2=O)=N1. The number of fused-ring (bicyclic) bond motifs is 1. The molecule has 0 radical (unpaired) electrons. The van der Waals surface area contributed by atoms with Gasteiger partial charge in [-0.1, -0.05) is 42.3 Å². The summed E-state index contributed by atoms with van der Waals surface area (Å²) in [6.45, 7) is 3.90. The van der Waals surface area contributed by atoms with Crippen LogP contribution in [0.25, 0.3) is 6.08 Å². The van der Waals surface area contributed by atoms with Gasteiger partial charge in [-0.15, -0.1) is 0 Å². The van der Waals surface area contributed by atoms with E-state index in [0.717, 1.165) is 6.42 Å². The van der Waals surface area contributed by atoms with E-state index in [-0.39, 0.29) is 29.2 Å². The van der Waals surface area contributed by atoms with Crippen LogP contribution in [0.15, 0.2) is 57.5 Å². The summed E-state index contributed by atoms with van der Waals surface area (Å²) in [5.41, 5.74) is 1.73. The number of aromatic hydroxyl groups is 1. The molecule has 8 nitrogen and oxygen atoms in total. The van der Waals surface area contributed by atoms with Crippen LogP contribution in [0.1, 0.15) is 43.9 Å². The highest BCUT2D eigenvalue weighted by atomic mass is 35.5. The number of benzene rings is 2. The topological polar surface area (TPSA) is 99.4 Å². The van der Waals surface area contributed by atoms with Gasteiger partial charge in [0.05, 0.1) is 36.6 Å². The number of hydrogen-bond acceptors (Lipinski definition) is 8. The average Bonchev–Trinajstić information content (AvgIpc) is 3.19. The molecule has 0 saturated heterocycles. The Hall–Kier alpha value is -3.56. The van der Waals surface area contributed by atoms with Crippen LogP contribution in [-0.4, -0.2) is 36.5 Å². The van der Waals surface area contributed by atoms with Crippen molar-refractivity contribution in [3.05, 3.63) is 83.5 Å². The number of hydrogen-bond donors (Lipinski definition) is 1. The van der Waals surface area contributed by atoms with Crippen molar-refractivity contribution < 1.29 is 24.1 Å². The van der Waals surface area contributed by atoms with Crippen LogP contribution in [0, 0.1) is 0 Å². The van der Waals surface area contributed by atoms with Crippen LogP contribution in [0.2, 0.25) is 5.02 Å². The number of nitrogens with zero attached hydrogens (tertiary/aromatic N) is 2. The zero-order valence-corrected chi connectivity index (χ0v) is 22.5. The van der Waals surface area contributed by atoms with Gasteiger partial charge in [0.25, 0.3) is 5.56 Å². The monoisotopic (exact) mass is 542 g/mol. The first kappa shape index (κ1) is 26.5. The van der Waals surface area contributed by atoms with E-state index in [1.807, 2.05) is 6.92 Å². The van der Waals surface area contributed by atoms with Crippen LogP contribution < -0.4 is 24.4 Å². The maximum Gasteiger partial charge on any atom is 0.338 e. The van der Waals surface area contributed by atoms with Gasteiger partial charge in [0.1, 0.15) is 11.8 Å². The lowest BCUT2D eigenvalue weighted by molar-refractivity contribution is -0.139. The summed E-state index contributed by atoms with van der Waals surface area (Å²) in [6, 6.07) is 9.06. The van der Waals surface area contributed by atoms with Gasteiger partial charge >= 0.3 is 5.97 Å². The van der Waals surface area contributed by atoms with E-state index >= 15 is 0 Å². The molecule has 0 unspecified atom stereocenters. The first-order chi connectivity index (χ1) is 17.8. The Morgan fingerprint density at radius 3 is 2.59 bits per heavy atom. The highest BCUT2D eigenvalue weighted by molar-refractivity contribution is 7.07. The number of esters is 1. The Morgan fingerprint density at radius 2 is 1.92 bits per heavy atom. The van der Waals surface area contributed by atoms with Crippen molar-refractivity contribution >= 4 is 35.0 Å². The van der Waals surface area contributed by atoms with Gasteiger partial charge in [0, 0.05) is 10.6 Å². The summed E-state index contributed by atoms with van der Waals surface area (Å²) in [4.78, 5) is 32.3. The van der Waals surface area contributed by atoms with E-state index in [9.17, 15) is 14.7 Å². The number of phenols is 1. The third kappa shape index (κ3) is 5.14.